The van der Waals surface area contributed by atoms with E-state index in [0.717, 1.165) is 0 Å². The van der Waals surface area contributed by atoms with Crippen LogP contribution in [0.5, 0.6) is 0 Å². The van der Waals surface area contributed by atoms with E-state index in [2.05, 4.69) is 21.2 Å². The Bertz CT molecular complexity index is 32.0. The summed E-state index contributed by atoms with van der Waals surface area (Å²) < 4.78 is 4.94. The maximum atomic E-state index is 4.94. The highest BCUT2D eigenvalue weighted by Gasteiger charge is 1.86. The Balaban J connectivity index is 2.63. The molecule has 0 unspecified atom stereocenters. The van der Waals surface area contributed by atoms with Crippen LogP contribution in [0.2, 0.25) is 0 Å². The van der Waals surface area contributed by atoms with Crippen LogP contribution in [0.4, 0.5) is 0 Å². The van der Waals surface area contributed by atoms with Crippen LogP contribution in [0, 0.1) is 0 Å². The van der Waals surface area contributed by atoms with Gasteiger partial charge in [0.2, 0.25) is 0 Å². The quantitative estimate of drug-likeness (QED) is 0.519. The molecule has 6 heavy (non-hydrogen) atoms. The molecule has 0 aromatic carbocycles. The van der Waals surface area contributed by atoms with E-state index in [4.69, 9.17) is 4.18 Å². The molecule has 0 aliphatic heterocycles. The van der Waals surface area contributed by atoms with E-state index in [1.807, 2.05) is 13.8 Å². The first kappa shape index (κ1) is 7.04. The molecular weight excluding hydrogens is 211 g/mol. The monoisotopic (exact) mass is 218 g/mol. The van der Waals surface area contributed by atoms with Crippen LogP contribution in [0.1, 0.15) is 13.8 Å². The maximum absolute atomic E-state index is 4.94. The Kier molecular flexibility index (Phi) is 4.93. The van der Waals surface area contributed by atoms with Gasteiger partial charge in [-0.2, -0.15) is 0 Å². The van der Waals surface area contributed by atoms with Crippen molar-refractivity contribution in [1.82, 2.24) is 0 Å². The van der Waals surface area contributed by atoms with Gasteiger partial charge in [-0.1, -0.05) is 0 Å². The molecule has 0 bridgehead atoms. The predicted octanol–water partition coefficient (Wildman–Crippen LogP) is 2.41. The molecule has 0 radical (unpaired) electrons. The van der Waals surface area contributed by atoms with Crippen molar-refractivity contribution in [2.45, 2.75) is 20.0 Å². The average Bonchev–Trinajstić information content (AvgIpc) is 1.35. The van der Waals surface area contributed by atoms with Gasteiger partial charge in [0, 0.05) is 21.2 Å². The average molecular weight is 218 g/mol. The second-order valence-corrected chi connectivity index (χ2v) is 2.61. The molecule has 0 spiro atoms. The second-order valence-electron chi connectivity index (χ2n) is 1.21. The molecule has 0 heterocycles. The molecule has 0 amide bonds. The Morgan fingerprint density at radius 1 is 1.67 bits per heavy atom. The van der Waals surface area contributed by atoms with E-state index < -0.39 is 0 Å². The third-order valence-electron chi connectivity index (χ3n) is 0.229. The molecule has 0 N–H and O–H groups in total. The SMILES string of the molecule is CC(C)OSI. The van der Waals surface area contributed by atoms with Gasteiger partial charge < -0.3 is 4.18 Å². The lowest BCUT2D eigenvalue weighted by atomic mass is 10.5. The lowest BCUT2D eigenvalue weighted by Gasteiger charge is -1.96. The highest BCUT2D eigenvalue weighted by Crippen LogP contribution is 2.14. The predicted molar refractivity (Wildman–Crippen MR) is 37.8 cm³/mol. The zero-order chi connectivity index (χ0) is 4.99. The molecule has 0 aromatic heterocycles. The minimum Gasteiger partial charge on any atom is -0.303 e. The summed E-state index contributed by atoms with van der Waals surface area (Å²) in [6, 6.07) is 0. The topological polar surface area (TPSA) is 9.23 Å². The highest BCUT2D eigenvalue weighted by molar-refractivity contribution is 14.2. The molecule has 0 aliphatic carbocycles. The second kappa shape index (κ2) is 4.21. The van der Waals surface area contributed by atoms with E-state index in [1.165, 1.54) is 9.21 Å². The first-order valence-electron chi connectivity index (χ1n) is 1.71. The molecule has 0 atom stereocenters. The van der Waals surface area contributed by atoms with Crippen LogP contribution in [-0.2, 0) is 4.18 Å². The molecular formula is C3H7IOS. The fraction of sp³-hybridized carbons (Fsp3) is 1.00. The van der Waals surface area contributed by atoms with Crippen molar-refractivity contribution in [2.75, 3.05) is 0 Å². The number of halogens is 1. The fourth-order valence-corrected chi connectivity index (χ4v) is 1.46. The largest absolute Gasteiger partial charge is 0.303 e. The van der Waals surface area contributed by atoms with Crippen LogP contribution in [0.3, 0.4) is 0 Å². The first-order chi connectivity index (χ1) is 2.77. The molecule has 1 nitrogen and oxygen atoms in total. The fourth-order valence-electron chi connectivity index (χ4n) is 0.0727. The summed E-state index contributed by atoms with van der Waals surface area (Å²) in [7, 11) is 1.38. The van der Waals surface area contributed by atoms with Crippen LogP contribution in [-0.4, -0.2) is 6.10 Å². The zero-order valence-electron chi connectivity index (χ0n) is 3.77. The molecule has 38 valence electrons. The lowest BCUT2D eigenvalue weighted by Crippen LogP contribution is -1.90. The van der Waals surface area contributed by atoms with E-state index in [9.17, 15) is 0 Å². The lowest BCUT2D eigenvalue weighted by molar-refractivity contribution is 0.295. The summed E-state index contributed by atoms with van der Waals surface area (Å²) in [5, 5.41) is 0. The summed E-state index contributed by atoms with van der Waals surface area (Å²) in [6.45, 7) is 4.01. The third-order valence-corrected chi connectivity index (χ3v) is 1.31. The summed E-state index contributed by atoms with van der Waals surface area (Å²) in [4.78, 5) is 0. The van der Waals surface area contributed by atoms with Gasteiger partial charge in [-0.15, -0.1) is 0 Å². The van der Waals surface area contributed by atoms with Gasteiger partial charge in [0.05, 0.1) is 15.3 Å². The van der Waals surface area contributed by atoms with E-state index >= 15 is 0 Å². The molecule has 0 saturated heterocycles. The molecule has 0 rings (SSSR count). The standard InChI is InChI=1S/C3H7IOS/c1-3(2)5-6-4/h3H,1-2H3. The Labute approximate surface area is 54.6 Å². The highest BCUT2D eigenvalue weighted by atomic mass is 127. The first-order valence-corrected chi connectivity index (χ1v) is 5.00. The van der Waals surface area contributed by atoms with Crippen molar-refractivity contribution in [3.05, 3.63) is 0 Å². The number of rotatable bonds is 2. The van der Waals surface area contributed by atoms with Gasteiger partial charge in [-0.05, 0) is 13.8 Å². The van der Waals surface area contributed by atoms with Crippen LogP contribution in [0.25, 0.3) is 0 Å². The van der Waals surface area contributed by atoms with E-state index in [1.54, 1.807) is 0 Å². The smallest absolute Gasteiger partial charge is 0.0675 e. The van der Waals surface area contributed by atoms with Crippen LogP contribution >= 0.6 is 30.4 Å². The normalized spacial score (nSPS) is 10.0. The minimum atomic E-state index is 0.354. The van der Waals surface area contributed by atoms with Gasteiger partial charge in [0.1, 0.15) is 0 Å². The molecule has 0 aromatic rings. The van der Waals surface area contributed by atoms with Crippen molar-refractivity contribution < 1.29 is 4.18 Å². The number of hydrogen-bond acceptors (Lipinski definition) is 2. The van der Waals surface area contributed by atoms with Gasteiger partial charge >= 0.3 is 0 Å². The van der Waals surface area contributed by atoms with E-state index in [0.29, 0.717) is 6.10 Å². The van der Waals surface area contributed by atoms with Gasteiger partial charge in [-0.25, -0.2) is 0 Å². The molecule has 0 saturated carbocycles. The summed E-state index contributed by atoms with van der Waals surface area (Å²) in [6.07, 6.45) is 0.354. The molecule has 3 heteroatoms. The zero-order valence-corrected chi connectivity index (χ0v) is 6.75. The van der Waals surface area contributed by atoms with Crippen molar-refractivity contribution in [3.8, 4) is 0 Å². The van der Waals surface area contributed by atoms with Gasteiger partial charge in [-0.3, -0.25) is 0 Å². The molecule has 0 fully saturated rings. The minimum absolute atomic E-state index is 0.354. The van der Waals surface area contributed by atoms with Gasteiger partial charge in [0.25, 0.3) is 0 Å². The van der Waals surface area contributed by atoms with Crippen LogP contribution < -0.4 is 0 Å². The Morgan fingerprint density at radius 2 is 2.17 bits per heavy atom. The Morgan fingerprint density at radius 3 is 2.17 bits per heavy atom. The number of hydrogen-bond donors (Lipinski definition) is 0. The van der Waals surface area contributed by atoms with Crippen molar-refractivity contribution >= 4 is 30.4 Å². The Hall–Kier alpha value is 1.04. The van der Waals surface area contributed by atoms with Crippen molar-refractivity contribution in [2.24, 2.45) is 0 Å². The van der Waals surface area contributed by atoms with Gasteiger partial charge in [0.15, 0.2) is 0 Å². The third kappa shape index (κ3) is 5.04. The molecule has 0 aliphatic rings. The van der Waals surface area contributed by atoms with Crippen LogP contribution in [0.15, 0.2) is 0 Å². The van der Waals surface area contributed by atoms with E-state index in [-0.39, 0.29) is 0 Å². The maximum Gasteiger partial charge on any atom is 0.0675 e. The summed E-state index contributed by atoms with van der Waals surface area (Å²) >= 11 is 2.10. The van der Waals surface area contributed by atoms with Crippen molar-refractivity contribution in [1.29, 1.82) is 0 Å². The summed E-state index contributed by atoms with van der Waals surface area (Å²) in [5.74, 6) is 0. The summed E-state index contributed by atoms with van der Waals surface area (Å²) in [5.41, 5.74) is 0. The van der Waals surface area contributed by atoms with Crippen molar-refractivity contribution in [3.63, 3.8) is 0 Å².